The van der Waals surface area contributed by atoms with Gasteiger partial charge in [-0.05, 0) is 5.56 Å². The molecule has 1 aliphatic heterocycles. The van der Waals surface area contributed by atoms with Crippen molar-refractivity contribution in [3.05, 3.63) is 35.9 Å². The molecule has 4 nitrogen and oxygen atoms in total. The summed E-state index contributed by atoms with van der Waals surface area (Å²) in [6.45, 7) is 4.70. The molecule has 2 N–H and O–H groups in total. The van der Waals surface area contributed by atoms with E-state index in [2.05, 4.69) is 21.9 Å². The first-order valence-electron chi connectivity index (χ1n) is 6.55. The van der Waals surface area contributed by atoms with Crippen molar-refractivity contribution >= 4 is 0 Å². The summed E-state index contributed by atoms with van der Waals surface area (Å²) < 4.78 is 0. The van der Waals surface area contributed by atoms with Crippen molar-refractivity contribution in [3.8, 4) is 0 Å². The van der Waals surface area contributed by atoms with E-state index in [-0.39, 0.29) is 19.3 Å². The number of piperazine rings is 1. The molecule has 0 amide bonds. The summed E-state index contributed by atoms with van der Waals surface area (Å²) in [6.07, 6.45) is 0. The molecule has 1 fully saturated rings. The van der Waals surface area contributed by atoms with Crippen molar-refractivity contribution in [3.63, 3.8) is 0 Å². The fourth-order valence-corrected chi connectivity index (χ4v) is 2.50. The quantitative estimate of drug-likeness (QED) is 0.781. The van der Waals surface area contributed by atoms with Crippen molar-refractivity contribution in [1.82, 2.24) is 9.80 Å². The Morgan fingerprint density at radius 2 is 1.89 bits per heavy atom. The van der Waals surface area contributed by atoms with Crippen LogP contribution in [0, 0.1) is 0 Å². The molecule has 2 rings (SSSR count). The van der Waals surface area contributed by atoms with E-state index >= 15 is 0 Å². The zero-order valence-corrected chi connectivity index (χ0v) is 10.7. The Morgan fingerprint density at radius 3 is 2.56 bits per heavy atom. The van der Waals surface area contributed by atoms with Crippen LogP contribution in [-0.2, 0) is 6.54 Å². The molecule has 1 saturated heterocycles. The van der Waals surface area contributed by atoms with E-state index in [1.165, 1.54) is 5.56 Å². The Bertz CT molecular complexity index is 345. The zero-order valence-electron chi connectivity index (χ0n) is 10.7. The van der Waals surface area contributed by atoms with Crippen molar-refractivity contribution in [1.29, 1.82) is 0 Å². The minimum absolute atomic E-state index is 0.172. The summed E-state index contributed by atoms with van der Waals surface area (Å²) in [7, 11) is 0. The van der Waals surface area contributed by atoms with Gasteiger partial charge in [0.05, 0.1) is 13.2 Å². The SMILES string of the molecule is OCCN1CCN(Cc2ccccc2)[C@@H](CO)C1. The number of aliphatic hydroxyl groups is 2. The Hall–Kier alpha value is -0.940. The van der Waals surface area contributed by atoms with Gasteiger partial charge >= 0.3 is 0 Å². The van der Waals surface area contributed by atoms with E-state index in [0.29, 0.717) is 6.54 Å². The molecule has 0 unspecified atom stereocenters. The highest BCUT2D eigenvalue weighted by atomic mass is 16.3. The number of hydrogen-bond acceptors (Lipinski definition) is 4. The van der Waals surface area contributed by atoms with Gasteiger partial charge in [0.1, 0.15) is 0 Å². The molecule has 0 aliphatic carbocycles. The van der Waals surface area contributed by atoms with Gasteiger partial charge in [0, 0.05) is 38.8 Å². The normalized spacial score (nSPS) is 22.2. The van der Waals surface area contributed by atoms with Gasteiger partial charge < -0.3 is 10.2 Å². The molecule has 1 aromatic carbocycles. The Kier molecular flexibility index (Phi) is 5.13. The van der Waals surface area contributed by atoms with Gasteiger partial charge in [0.25, 0.3) is 0 Å². The Balaban J connectivity index is 1.93. The van der Waals surface area contributed by atoms with Gasteiger partial charge in [-0.1, -0.05) is 30.3 Å². The molecule has 18 heavy (non-hydrogen) atoms. The van der Waals surface area contributed by atoms with Crippen LogP contribution < -0.4 is 0 Å². The highest BCUT2D eigenvalue weighted by molar-refractivity contribution is 5.14. The molecule has 0 saturated carbocycles. The summed E-state index contributed by atoms with van der Waals surface area (Å²) in [5.41, 5.74) is 1.28. The minimum atomic E-state index is 0.172. The lowest BCUT2D eigenvalue weighted by atomic mass is 10.1. The van der Waals surface area contributed by atoms with Crippen LogP contribution >= 0.6 is 0 Å². The van der Waals surface area contributed by atoms with Crippen LogP contribution in [-0.4, -0.2) is 65.4 Å². The lowest BCUT2D eigenvalue weighted by Gasteiger charge is -2.40. The molecule has 0 spiro atoms. The fourth-order valence-electron chi connectivity index (χ4n) is 2.50. The first kappa shape index (κ1) is 13.5. The number of hydrogen-bond donors (Lipinski definition) is 2. The summed E-state index contributed by atoms with van der Waals surface area (Å²) in [6, 6.07) is 10.5. The monoisotopic (exact) mass is 250 g/mol. The van der Waals surface area contributed by atoms with Gasteiger partial charge in [-0.15, -0.1) is 0 Å². The standard InChI is InChI=1S/C14H22N2O2/c17-9-8-15-6-7-16(14(11-15)12-18)10-13-4-2-1-3-5-13/h1-5,14,17-18H,6-12H2/t14-/m1/s1. The fraction of sp³-hybridized carbons (Fsp3) is 0.571. The predicted molar refractivity (Wildman–Crippen MR) is 71.3 cm³/mol. The number of benzene rings is 1. The van der Waals surface area contributed by atoms with Gasteiger partial charge in [-0.25, -0.2) is 0 Å². The lowest BCUT2D eigenvalue weighted by molar-refractivity contribution is 0.0284. The Labute approximate surface area is 108 Å². The molecule has 1 aliphatic rings. The molecular formula is C14H22N2O2. The predicted octanol–water partition coefficient (Wildman–Crippen LogP) is 0.157. The van der Waals surface area contributed by atoms with Crippen LogP contribution in [0.15, 0.2) is 30.3 Å². The third kappa shape index (κ3) is 3.53. The molecule has 0 bridgehead atoms. The molecule has 0 aromatic heterocycles. The second-order valence-corrected chi connectivity index (χ2v) is 4.82. The van der Waals surface area contributed by atoms with Crippen molar-refractivity contribution in [2.45, 2.75) is 12.6 Å². The van der Waals surface area contributed by atoms with E-state index in [9.17, 15) is 5.11 Å². The van der Waals surface area contributed by atoms with E-state index in [1.54, 1.807) is 0 Å². The third-order valence-electron chi connectivity index (χ3n) is 3.54. The van der Waals surface area contributed by atoms with Gasteiger partial charge in [0.15, 0.2) is 0 Å². The van der Waals surface area contributed by atoms with Gasteiger partial charge in [0.2, 0.25) is 0 Å². The molecule has 1 aromatic rings. The average molecular weight is 250 g/mol. The topological polar surface area (TPSA) is 46.9 Å². The van der Waals surface area contributed by atoms with Crippen molar-refractivity contribution in [2.75, 3.05) is 39.4 Å². The smallest absolute Gasteiger partial charge is 0.0599 e. The molecule has 100 valence electrons. The summed E-state index contributed by atoms with van der Waals surface area (Å²) in [5, 5.41) is 18.5. The van der Waals surface area contributed by atoms with Crippen LogP contribution in [0.1, 0.15) is 5.56 Å². The maximum atomic E-state index is 9.49. The van der Waals surface area contributed by atoms with Crippen LogP contribution in [0.25, 0.3) is 0 Å². The first-order chi connectivity index (χ1) is 8.83. The molecule has 1 atom stereocenters. The van der Waals surface area contributed by atoms with E-state index < -0.39 is 0 Å². The largest absolute Gasteiger partial charge is 0.395 e. The zero-order chi connectivity index (χ0) is 12.8. The van der Waals surface area contributed by atoms with Crippen LogP contribution in [0.4, 0.5) is 0 Å². The summed E-state index contributed by atoms with van der Waals surface area (Å²) in [4.78, 5) is 4.53. The molecule has 4 heteroatoms. The summed E-state index contributed by atoms with van der Waals surface area (Å²) >= 11 is 0. The highest BCUT2D eigenvalue weighted by Gasteiger charge is 2.25. The van der Waals surface area contributed by atoms with Crippen molar-refractivity contribution < 1.29 is 10.2 Å². The molecule has 0 radical (unpaired) electrons. The maximum Gasteiger partial charge on any atom is 0.0599 e. The van der Waals surface area contributed by atoms with Gasteiger partial charge in [-0.3, -0.25) is 9.80 Å². The Morgan fingerprint density at radius 1 is 1.11 bits per heavy atom. The average Bonchev–Trinajstić information content (AvgIpc) is 2.42. The lowest BCUT2D eigenvalue weighted by Crippen LogP contribution is -2.54. The van der Waals surface area contributed by atoms with E-state index in [4.69, 9.17) is 5.11 Å². The van der Waals surface area contributed by atoms with E-state index in [0.717, 1.165) is 26.2 Å². The second-order valence-electron chi connectivity index (χ2n) is 4.82. The van der Waals surface area contributed by atoms with Crippen molar-refractivity contribution in [2.24, 2.45) is 0 Å². The number of nitrogens with zero attached hydrogens (tertiary/aromatic N) is 2. The highest BCUT2D eigenvalue weighted by Crippen LogP contribution is 2.13. The molecular weight excluding hydrogens is 228 g/mol. The van der Waals surface area contributed by atoms with Crippen LogP contribution in [0.3, 0.4) is 0 Å². The third-order valence-corrected chi connectivity index (χ3v) is 3.54. The second kappa shape index (κ2) is 6.85. The first-order valence-corrected chi connectivity index (χ1v) is 6.55. The summed E-state index contributed by atoms with van der Waals surface area (Å²) in [5.74, 6) is 0. The number of β-amino-alcohol motifs (C(OH)–C–C–N with tert-alkyl or cyclic N) is 1. The van der Waals surface area contributed by atoms with Gasteiger partial charge in [-0.2, -0.15) is 0 Å². The number of aliphatic hydroxyl groups excluding tert-OH is 2. The van der Waals surface area contributed by atoms with E-state index in [1.807, 2.05) is 18.2 Å². The maximum absolute atomic E-state index is 9.49. The minimum Gasteiger partial charge on any atom is -0.395 e. The molecule has 1 heterocycles. The number of rotatable bonds is 5. The van der Waals surface area contributed by atoms with Crippen LogP contribution in [0.5, 0.6) is 0 Å². The van der Waals surface area contributed by atoms with Crippen LogP contribution in [0.2, 0.25) is 0 Å².